The second kappa shape index (κ2) is 10.1. The summed E-state index contributed by atoms with van der Waals surface area (Å²) < 4.78 is 20.8. The maximum Gasteiger partial charge on any atom is 0.230 e. The molecule has 2 aliphatic rings. The van der Waals surface area contributed by atoms with E-state index in [1.807, 2.05) is 48.3 Å². The zero-order valence-corrected chi connectivity index (χ0v) is 19.4. The standard InChI is InChI=1S/C24H31N3O4S/c1-25-32(30)19-8-9-23-21(14-19)20(11-13-31-23)24(29)26(2)22(17-6-4-3-5-7-17)16-27-12-10-18(28)15-27/h3-9,14,18,20,22,25,28H,10-13,15-16H2,1-2H3/t18-,20?,22?,32?/m0/s1. The predicted octanol–water partition coefficient (Wildman–Crippen LogP) is 2.06. The number of rotatable bonds is 7. The van der Waals surface area contributed by atoms with Crippen molar-refractivity contribution in [2.75, 3.05) is 40.3 Å². The predicted molar refractivity (Wildman–Crippen MR) is 124 cm³/mol. The molecule has 3 unspecified atom stereocenters. The van der Waals surface area contributed by atoms with Gasteiger partial charge in [0.05, 0.1) is 29.6 Å². The van der Waals surface area contributed by atoms with E-state index < -0.39 is 11.0 Å². The molecule has 2 aromatic carbocycles. The van der Waals surface area contributed by atoms with Gasteiger partial charge < -0.3 is 14.7 Å². The molecule has 172 valence electrons. The van der Waals surface area contributed by atoms with Gasteiger partial charge in [0.25, 0.3) is 0 Å². The largest absolute Gasteiger partial charge is 0.493 e. The minimum absolute atomic E-state index is 0.0236. The third kappa shape index (κ3) is 4.88. The second-order valence-electron chi connectivity index (χ2n) is 8.44. The minimum Gasteiger partial charge on any atom is -0.493 e. The number of hydrogen-bond donors (Lipinski definition) is 2. The fourth-order valence-corrected chi connectivity index (χ4v) is 5.27. The number of ether oxygens (including phenoxy) is 1. The Kier molecular flexibility index (Phi) is 7.25. The Bertz CT molecular complexity index is 971. The maximum atomic E-state index is 13.8. The molecule has 0 bridgehead atoms. The first-order chi connectivity index (χ1) is 15.5. The molecule has 2 heterocycles. The monoisotopic (exact) mass is 457 g/mol. The first-order valence-corrected chi connectivity index (χ1v) is 12.2. The van der Waals surface area contributed by atoms with Gasteiger partial charge in [0, 0.05) is 32.2 Å². The zero-order valence-electron chi connectivity index (χ0n) is 18.6. The highest BCUT2D eigenvalue weighted by molar-refractivity contribution is 7.83. The summed E-state index contributed by atoms with van der Waals surface area (Å²) in [7, 11) is 2.17. The molecule has 1 saturated heterocycles. The van der Waals surface area contributed by atoms with Crippen molar-refractivity contribution in [3.63, 3.8) is 0 Å². The number of β-amino-alcohol motifs (C(OH)–C–C–N with tert-alkyl or cyclic N) is 1. The van der Waals surface area contributed by atoms with Crippen LogP contribution in [0, 0.1) is 0 Å². The van der Waals surface area contributed by atoms with E-state index in [0.717, 1.165) is 24.1 Å². The van der Waals surface area contributed by atoms with E-state index in [-0.39, 0.29) is 24.0 Å². The number of nitrogens with one attached hydrogen (secondary N) is 1. The molecule has 8 heteroatoms. The third-order valence-electron chi connectivity index (χ3n) is 6.40. The molecule has 2 aliphatic heterocycles. The summed E-state index contributed by atoms with van der Waals surface area (Å²) in [5.74, 6) is 0.349. The maximum absolute atomic E-state index is 13.8. The average molecular weight is 458 g/mol. The van der Waals surface area contributed by atoms with E-state index in [1.165, 1.54) is 0 Å². The Labute approximate surface area is 192 Å². The van der Waals surface area contributed by atoms with E-state index in [1.54, 1.807) is 19.2 Å². The fourth-order valence-electron chi connectivity index (χ4n) is 4.61. The van der Waals surface area contributed by atoms with Gasteiger partial charge in [-0.15, -0.1) is 0 Å². The van der Waals surface area contributed by atoms with E-state index in [9.17, 15) is 14.1 Å². The highest BCUT2D eigenvalue weighted by atomic mass is 32.2. The summed E-state index contributed by atoms with van der Waals surface area (Å²) in [6.07, 6.45) is 1.04. The van der Waals surface area contributed by atoms with Gasteiger partial charge in [0.15, 0.2) is 0 Å². The second-order valence-corrected chi connectivity index (χ2v) is 9.86. The van der Waals surface area contributed by atoms with Crippen molar-refractivity contribution in [1.29, 1.82) is 0 Å². The Balaban J connectivity index is 1.61. The number of carbonyl (C=O) groups is 1. The molecule has 0 aromatic heterocycles. The molecule has 4 rings (SSSR count). The number of amides is 1. The third-order valence-corrected chi connectivity index (χ3v) is 7.45. The molecule has 32 heavy (non-hydrogen) atoms. The van der Waals surface area contributed by atoms with Crippen molar-refractivity contribution in [2.45, 2.75) is 35.8 Å². The fraction of sp³-hybridized carbons (Fsp3) is 0.458. The van der Waals surface area contributed by atoms with Crippen molar-refractivity contribution >= 4 is 16.9 Å². The number of likely N-dealkylation sites (tertiary alicyclic amines) is 1. The van der Waals surface area contributed by atoms with Crippen LogP contribution in [0.5, 0.6) is 5.75 Å². The molecule has 0 saturated carbocycles. The van der Waals surface area contributed by atoms with E-state index >= 15 is 0 Å². The number of carbonyl (C=O) groups excluding carboxylic acids is 1. The molecule has 1 amide bonds. The molecule has 0 radical (unpaired) electrons. The van der Waals surface area contributed by atoms with Crippen LogP contribution in [0.3, 0.4) is 0 Å². The van der Waals surface area contributed by atoms with Crippen molar-refractivity contribution < 1.29 is 18.8 Å². The van der Waals surface area contributed by atoms with Crippen molar-refractivity contribution in [2.24, 2.45) is 0 Å². The van der Waals surface area contributed by atoms with Crippen LogP contribution >= 0.6 is 0 Å². The molecule has 0 aliphatic carbocycles. The quantitative estimate of drug-likeness (QED) is 0.665. The molecule has 2 aromatic rings. The number of aliphatic hydroxyl groups is 1. The summed E-state index contributed by atoms with van der Waals surface area (Å²) in [6, 6.07) is 15.3. The number of hydrogen-bond acceptors (Lipinski definition) is 5. The lowest BCUT2D eigenvalue weighted by molar-refractivity contribution is -0.134. The number of benzene rings is 2. The lowest BCUT2D eigenvalue weighted by Gasteiger charge is -2.35. The Morgan fingerprint density at radius 3 is 2.75 bits per heavy atom. The van der Waals surface area contributed by atoms with Crippen LogP contribution < -0.4 is 9.46 Å². The molecule has 7 nitrogen and oxygen atoms in total. The summed E-state index contributed by atoms with van der Waals surface area (Å²) in [5, 5.41) is 9.97. The van der Waals surface area contributed by atoms with Gasteiger partial charge in [-0.25, -0.2) is 8.93 Å². The topological polar surface area (TPSA) is 82.1 Å². The van der Waals surface area contributed by atoms with Crippen molar-refractivity contribution in [1.82, 2.24) is 14.5 Å². The van der Waals surface area contributed by atoms with Gasteiger partial charge in [-0.2, -0.15) is 0 Å². The number of aliphatic hydroxyl groups excluding tert-OH is 1. The van der Waals surface area contributed by atoms with Gasteiger partial charge >= 0.3 is 0 Å². The molecule has 1 fully saturated rings. The van der Waals surface area contributed by atoms with Gasteiger partial charge in [-0.05, 0) is 43.7 Å². The van der Waals surface area contributed by atoms with Crippen LogP contribution in [0.2, 0.25) is 0 Å². The summed E-state index contributed by atoms with van der Waals surface area (Å²) in [4.78, 5) is 18.5. The molecule has 0 spiro atoms. The highest BCUT2D eigenvalue weighted by Gasteiger charge is 2.35. The van der Waals surface area contributed by atoms with E-state index in [4.69, 9.17) is 4.74 Å². The van der Waals surface area contributed by atoms with Crippen molar-refractivity contribution in [3.05, 3.63) is 59.7 Å². The van der Waals surface area contributed by atoms with Crippen LogP contribution in [0.15, 0.2) is 53.4 Å². The molecule has 4 atom stereocenters. The Hall–Kier alpha value is -2.26. The van der Waals surface area contributed by atoms with E-state index in [2.05, 4.69) is 9.62 Å². The van der Waals surface area contributed by atoms with Crippen LogP contribution in [0.25, 0.3) is 0 Å². The van der Waals surface area contributed by atoms with Crippen LogP contribution in [0.1, 0.15) is 35.9 Å². The number of nitrogens with zero attached hydrogens (tertiary/aromatic N) is 2. The number of likely N-dealkylation sites (N-methyl/N-ethyl adjacent to an activating group) is 1. The van der Waals surface area contributed by atoms with Crippen LogP contribution in [0.4, 0.5) is 0 Å². The van der Waals surface area contributed by atoms with Crippen LogP contribution in [-0.2, 0) is 15.8 Å². The summed E-state index contributed by atoms with van der Waals surface area (Å²) in [6.45, 7) is 2.60. The first-order valence-electron chi connectivity index (χ1n) is 11.1. The SMILES string of the molecule is CNS(=O)c1ccc2c(c1)C(C(=O)N(C)C(CN1CC[C@H](O)C1)c1ccccc1)CCO2. The lowest BCUT2D eigenvalue weighted by atomic mass is 9.91. The molecular formula is C24H31N3O4S. The number of fused-ring (bicyclic) bond motifs is 1. The van der Waals surface area contributed by atoms with Gasteiger partial charge in [0.2, 0.25) is 5.91 Å². The lowest BCUT2D eigenvalue weighted by Crippen LogP contribution is -2.41. The minimum atomic E-state index is -1.33. The van der Waals surface area contributed by atoms with E-state index in [0.29, 0.717) is 36.8 Å². The Morgan fingerprint density at radius 2 is 2.06 bits per heavy atom. The smallest absolute Gasteiger partial charge is 0.230 e. The Morgan fingerprint density at radius 1 is 1.28 bits per heavy atom. The molecule has 2 N–H and O–H groups in total. The highest BCUT2D eigenvalue weighted by Crippen LogP contribution is 2.37. The zero-order chi connectivity index (χ0) is 22.7. The molecular weight excluding hydrogens is 426 g/mol. The van der Waals surface area contributed by atoms with Gasteiger partial charge in [0.1, 0.15) is 16.7 Å². The normalized spacial score (nSPS) is 22.6. The van der Waals surface area contributed by atoms with Crippen LogP contribution in [-0.4, -0.2) is 71.5 Å². The van der Waals surface area contributed by atoms with Gasteiger partial charge in [-0.1, -0.05) is 30.3 Å². The summed E-state index contributed by atoms with van der Waals surface area (Å²) in [5.41, 5.74) is 1.86. The van der Waals surface area contributed by atoms with Crippen molar-refractivity contribution in [3.8, 4) is 5.75 Å². The summed E-state index contributed by atoms with van der Waals surface area (Å²) >= 11 is 0. The average Bonchev–Trinajstić information content (AvgIpc) is 3.25. The van der Waals surface area contributed by atoms with Gasteiger partial charge in [-0.3, -0.25) is 9.69 Å². The first kappa shape index (κ1) is 22.9.